The molecule has 3 heterocycles. The van der Waals surface area contributed by atoms with E-state index in [1.54, 1.807) is 46.0 Å². The number of rotatable bonds is 8. The van der Waals surface area contributed by atoms with E-state index in [-0.39, 0.29) is 12.6 Å². The number of fused-ring (bicyclic) bond motifs is 1. The summed E-state index contributed by atoms with van der Waals surface area (Å²) in [6.45, 7) is 0.830. The van der Waals surface area contributed by atoms with E-state index in [0.717, 1.165) is 36.3 Å². The topological polar surface area (TPSA) is 131 Å². The second-order valence-corrected chi connectivity index (χ2v) is 8.56. The third-order valence-electron chi connectivity index (χ3n) is 6.44. The van der Waals surface area contributed by atoms with Crippen LogP contribution in [0.25, 0.3) is 16.6 Å². The van der Waals surface area contributed by atoms with Crippen LogP contribution in [0.1, 0.15) is 18.4 Å². The van der Waals surface area contributed by atoms with Crippen molar-refractivity contribution in [3.05, 3.63) is 48.4 Å². The van der Waals surface area contributed by atoms with Crippen LogP contribution in [-0.4, -0.2) is 65.1 Å². The molecule has 1 saturated heterocycles. The van der Waals surface area contributed by atoms with Crippen molar-refractivity contribution < 1.29 is 19.3 Å². The number of benzene rings is 2. The van der Waals surface area contributed by atoms with Gasteiger partial charge in [0.1, 0.15) is 12.1 Å². The number of hydrogen-bond acceptors (Lipinski definition) is 10. The van der Waals surface area contributed by atoms with Gasteiger partial charge in [-0.3, -0.25) is 0 Å². The lowest BCUT2D eigenvalue weighted by atomic mass is 10.1. The Morgan fingerprint density at radius 3 is 2.57 bits per heavy atom. The zero-order chi connectivity index (χ0) is 25.9. The van der Waals surface area contributed by atoms with Crippen LogP contribution in [0.15, 0.2) is 42.9 Å². The summed E-state index contributed by atoms with van der Waals surface area (Å²) in [6, 6.07) is 11.2. The number of hydrogen-bond donors (Lipinski definition) is 2. The van der Waals surface area contributed by atoms with E-state index in [0.29, 0.717) is 40.1 Å². The molecular formula is C26H27N7O4. The molecule has 11 nitrogen and oxygen atoms in total. The minimum atomic E-state index is -0.0131. The first-order valence-corrected chi connectivity index (χ1v) is 11.8. The average Bonchev–Trinajstić information content (AvgIpc) is 3.61. The summed E-state index contributed by atoms with van der Waals surface area (Å²) < 4.78 is 18.1. The van der Waals surface area contributed by atoms with Crippen molar-refractivity contribution in [2.75, 3.05) is 44.7 Å². The predicted molar refractivity (Wildman–Crippen MR) is 138 cm³/mol. The highest BCUT2D eigenvalue weighted by molar-refractivity contribution is 5.92. The third kappa shape index (κ3) is 4.54. The van der Waals surface area contributed by atoms with Crippen LogP contribution in [0.5, 0.6) is 17.2 Å². The highest BCUT2D eigenvalue weighted by atomic mass is 16.5. The fraction of sp³-hybridized carbons (Fsp3) is 0.308. The Kier molecular flexibility index (Phi) is 6.66. The van der Waals surface area contributed by atoms with Crippen LogP contribution in [0.2, 0.25) is 0 Å². The van der Waals surface area contributed by atoms with E-state index in [1.807, 2.05) is 22.8 Å². The number of ether oxygens (including phenoxy) is 3. The second-order valence-electron chi connectivity index (χ2n) is 8.56. The fourth-order valence-corrected chi connectivity index (χ4v) is 4.62. The summed E-state index contributed by atoms with van der Waals surface area (Å²) in [4.78, 5) is 16.0. The van der Waals surface area contributed by atoms with Gasteiger partial charge < -0.3 is 34.1 Å². The van der Waals surface area contributed by atoms with E-state index < -0.39 is 0 Å². The number of nitrogens with zero attached hydrogens (tertiary/aromatic N) is 6. The monoisotopic (exact) mass is 501 g/mol. The largest absolute Gasteiger partial charge is 0.493 e. The van der Waals surface area contributed by atoms with Gasteiger partial charge in [-0.2, -0.15) is 10.2 Å². The summed E-state index contributed by atoms with van der Waals surface area (Å²) in [5.74, 6) is 3.15. The van der Waals surface area contributed by atoms with Crippen LogP contribution >= 0.6 is 0 Å². The zero-order valence-corrected chi connectivity index (χ0v) is 20.8. The van der Waals surface area contributed by atoms with E-state index >= 15 is 0 Å². The molecule has 11 heteroatoms. The highest BCUT2D eigenvalue weighted by Crippen LogP contribution is 2.39. The molecular weight excluding hydrogens is 474 g/mol. The fourth-order valence-electron chi connectivity index (χ4n) is 4.62. The molecule has 1 aliphatic rings. The molecule has 190 valence electrons. The van der Waals surface area contributed by atoms with Crippen molar-refractivity contribution in [3.63, 3.8) is 0 Å². The Morgan fingerprint density at radius 2 is 1.89 bits per heavy atom. The lowest BCUT2D eigenvalue weighted by Crippen LogP contribution is -2.33. The molecule has 0 aliphatic carbocycles. The number of nitriles is 1. The van der Waals surface area contributed by atoms with Crippen molar-refractivity contribution in [3.8, 4) is 29.0 Å². The zero-order valence-electron chi connectivity index (χ0n) is 20.8. The lowest BCUT2D eigenvalue weighted by Gasteiger charge is -2.25. The first-order chi connectivity index (χ1) is 18.1. The molecule has 0 spiro atoms. The molecule has 4 aromatic rings. The Labute approximate surface area is 213 Å². The molecule has 2 N–H and O–H groups in total. The van der Waals surface area contributed by atoms with Crippen molar-refractivity contribution in [2.45, 2.75) is 18.9 Å². The maximum absolute atomic E-state index is 9.89. The van der Waals surface area contributed by atoms with Crippen molar-refractivity contribution in [1.82, 2.24) is 19.5 Å². The van der Waals surface area contributed by atoms with Gasteiger partial charge in [0.05, 0.1) is 63.0 Å². The maximum atomic E-state index is 9.89. The van der Waals surface area contributed by atoms with Gasteiger partial charge in [0.15, 0.2) is 17.3 Å². The molecule has 0 bridgehead atoms. The summed E-state index contributed by atoms with van der Waals surface area (Å²) >= 11 is 0. The van der Waals surface area contributed by atoms with Gasteiger partial charge in [0.25, 0.3) is 0 Å². The third-order valence-corrected chi connectivity index (χ3v) is 6.44. The van der Waals surface area contributed by atoms with Crippen LogP contribution in [-0.2, 0) is 0 Å². The van der Waals surface area contributed by atoms with Crippen molar-refractivity contribution >= 4 is 28.5 Å². The van der Waals surface area contributed by atoms with Crippen LogP contribution in [0, 0.1) is 11.3 Å². The number of nitrogens with one attached hydrogen (secondary N) is 1. The normalized spacial score (nSPS) is 15.0. The first-order valence-electron chi connectivity index (χ1n) is 11.8. The molecule has 1 fully saturated rings. The summed E-state index contributed by atoms with van der Waals surface area (Å²) in [6.07, 6.45) is 5.31. The van der Waals surface area contributed by atoms with Gasteiger partial charge in [-0.05, 0) is 31.0 Å². The van der Waals surface area contributed by atoms with Crippen LogP contribution in [0.4, 0.5) is 17.6 Å². The van der Waals surface area contributed by atoms with Crippen molar-refractivity contribution in [2.24, 2.45) is 0 Å². The van der Waals surface area contributed by atoms with Gasteiger partial charge >= 0.3 is 0 Å². The standard InChI is InChI=1S/C26H27N7O4/c1-35-21-10-18(11-22(36-2)24(21)37-3)32-13-23(28-15-32)30-26-29-20-9-16(12-27)6-7-19(20)25(31-26)33-8-4-5-17(33)14-34/h6-7,9-11,13,15,17,34H,4-5,8,14H2,1-3H3,(H,29,30,31)/t17-/m0/s1. The Hall–Kier alpha value is -4.56. The summed E-state index contributed by atoms with van der Waals surface area (Å²) in [5, 5.41) is 23.3. The minimum Gasteiger partial charge on any atom is -0.493 e. The number of aliphatic hydroxyl groups excluding tert-OH is 1. The van der Waals surface area contributed by atoms with Gasteiger partial charge in [0.2, 0.25) is 11.7 Å². The Balaban J connectivity index is 1.51. The smallest absolute Gasteiger partial charge is 0.230 e. The molecule has 1 aliphatic heterocycles. The molecule has 0 unspecified atom stereocenters. The summed E-state index contributed by atoms with van der Waals surface area (Å²) in [5.41, 5.74) is 1.91. The molecule has 37 heavy (non-hydrogen) atoms. The molecule has 2 aromatic carbocycles. The van der Waals surface area contributed by atoms with Crippen molar-refractivity contribution in [1.29, 1.82) is 5.26 Å². The maximum Gasteiger partial charge on any atom is 0.230 e. The van der Waals surface area contributed by atoms with E-state index in [4.69, 9.17) is 19.2 Å². The second kappa shape index (κ2) is 10.2. The van der Waals surface area contributed by atoms with Gasteiger partial charge in [0, 0.05) is 24.1 Å². The molecule has 0 radical (unpaired) electrons. The first kappa shape index (κ1) is 24.1. The lowest BCUT2D eigenvalue weighted by molar-refractivity contribution is 0.266. The van der Waals surface area contributed by atoms with Gasteiger partial charge in [-0.15, -0.1) is 0 Å². The number of methoxy groups -OCH3 is 3. The van der Waals surface area contributed by atoms with Crippen LogP contribution in [0.3, 0.4) is 0 Å². The number of anilines is 3. The SMILES string of the molecule is COc1cc(-n2cnc(Nc3nc(N4CCC[C@H]4CO)c4ccc(C#N)cc4n3)c2)cc(OC)c1OC. The molecule has 2 aromatic heterocycles. The molecule has 5 rings (SSSR count). The quantitative estimate of drug-likeness (QED) is 0.370. The highest BCUT2D eigenvalue weighted by Gasteiger charge is 2.27. The molecule has 1 atom stereocenters. The minimum absolute atomic E-state index is 0.0131. The Bertz CT molecular complexity index is 1450. The number of imidazole rings is 1. The molecule has 0 saturated carbocycles. The number of aliphatic hydroxyl groups is 1. The van der Waals surface area contributed by atoms with E-state index in [1.165, 1.54) is 0 Å². The average molecular weight is 502 g/mol. The Morgan fingerprint density at radius 1 is 1.11 bits per heavy atom. The van der Waals surface area contributed by atoms with Gasteiger partial charge in [-0.25, -0.2) is 9.97 Å². The number of aromatic nitrogens is 4. The molecule has 0 amide bonds. The van der Waals surface area contributed by atoms with Crippen LogP contribution < -0.4 is 24.4 Å². The van der Waals surface area contributed by atoms with E-state index in [9.17, 15) is 10.4 Å². The summed E-state index contributed by atoms with van der Waals surface area (Å²) in [7, 11) is 4.69. The predicted octanol–water partition coefficient (Wildman–Crippen LogP) is 3.42. The van der Waals surface area contributed by atoms with E-state index in [2.05, 4.69) is 26.3 Å². The van der Waals surface area contributed by atoms with Gasteiger partial charge in [-0.1, -0.05) is 0 Å².